The van der Waals surface area contributed by atoms with Gasteiger partial charge in [-0.25, -0.2) is 0 Å². The number of anilines is 2. The van der Waals surface area contributed by atoms with Crippen molar-refractivity contribution in [3.05, 3.63) is 17.7 Å². The van der Waals surface area contributed by atoms with Crippen LogP contribution in [0.25, 0.3) is 0 Å². The average molecular weight is 222 g/mol. The van der Waals surface area contributed by atoms with Crippen molar-refractivity contribution in [2.45, 2.75) is 27.2 Å². The number of rotatable bonds is 3. The largest absolute Gasteiger partial charge is 0.424 e. The predicted octanol–water partition coefficient (Wildman–Crippen LogP) is 2.11. The summed E-state index contributed by atoms with van der Waals surface area (Å²) in [5, 5.41) is 0. The first-order chi connectivity index (χ1) is 7.41. The minimum Gasteiger partial charge on any atom is -0.424 e. The summed E-state index contributed by atoms with van der Waals surface area (Å²) in [5.41, 5.74) is 13.3. The topological polar surface area (TPSA) is 78.3 Å². The molecule has 4 N–H and O–H groups in total. The maximum Gasteiger partial charge on any atom is 0.311 e. The van der Waals surface area contributed by atoms with Gasteiger partial charge in [-0.3, -0.25) is 4.79 Å². The number of nitrogens with two attached hydrogens (primary N) is 2. The maximum absolute atomic E-state index is 11.5. The highest BCUT2D eigenvalue weighted by atomic mass is 16.5. The molecule has 0 aliphatic rings. The molecule has 0 amide bonds. The van der Waals surface area contributed by atoms with Crippen LogP contribution in [0, 0.1) is 12.8 Å². The summed E-state index contributed by atoms with van der Waals surface area (Å²) in [7, 11) is 0. The zero-order valence-electron chi connectivity index (χ0n) is 9.91. The fourth-order valence-corrected chi connectivity index (χ4v) is 1.31. The number of carbonyl (C=O) groups excluding carboxylic acids is 1. The van der Waals surface area contributed by atoms with E-state index in [-0.39, 0.29) is 11.9 Å². The van der Waals surface area contributed by atoms with Crippen molar-refractivity contribution in [1.29, 1.82) is 0 Å². The summed E-state index contributed by atoms with van der Waals surface area (Å²) in [6, 6.07) is 3.31. The summed E-state index contributed by atoms with van der Waals surface area (Å²) < 4.78 is 5.17. The van der Waals surface area contributed by atoms with E-state index in [2.05, 4.69) is 0 Å². The first-order valence-corrected chi connectivity index (χ1v) is 5.27. The lowest BCUT2D eigenvalue weighted by Crippen LogP contribution is -2.12. The van der Waals surface area contributed by atoms with Gasteiger partial charge in [0.1, 0.15) is 0 Å². The summed E-state index contributed by atoms with van der Waals surface area (Å²) >= 11 is 0. The molecule has 0 fully saturated rings. The second-order valence-electron chi connectivity index (χ2n) is 4.26. The molecule has 0 aromatic heterocycles. The molecule has 1 rings (SSSR count). The predicted molar refractivity (Wildman–Crippen MR) is 65.1 cm³/mol. The van der Waals surface area contributed by atoms with Gasteiger partial charge in [0, 0.05) is 12.1 Å². The number of ether oxygens (including phenoxy) is 1. The van der Waals surface area contributed by atoms with Gasteiger partial charge in [-0.15, -0.1) is 0 Å². The highest BCUT2D eigenvalue weighted by Crippen LogP contribution is 2.29. The lowest BCUT2D eigenvalue weighted by Gasteiger charge is -2.11. The number of hydrogen-bond donors (Lipinski definition) is 2. The Labute approximate surface area is 95.6 Å². The molecular weight excluding hydrogens is 204 g/mol. The summed E-state index contributed by atoms with van der Waals surface area (Å²) in [5.74, 6) is 0.381. The van der Waals surface area contributed by atoms with E-state index in [0.29, 0.717) is 23.5 Å². The Bertz CT molecular complexity index is 400. The first-order valence-electron chi connectivity index (χ1n) is 5.27. The molecule has 16 heavy (non-hydrogen) atoms. The van der Waals surface area contributed by atoms with E-state index in [0.717, 1.165) is 5.56 Å². The SMILES string of the molecule is Cc1c(N)ccc(OC(=O)CC(C)C)c1N. The normalized spacial score (nSPS) is 10.5. The molecule has 0 radical (unpaired) electrons. The van der Waals surface area contributed by atoms with Crippen LogP contribution in [0.15, 0.2) is 12.1 Å². The van der Waals surface area contributed by atoms with Gasteiger partial charge in [0.05, 0.1) is 5.69 Å². The zero-order valence-corrected chi connectivity index (χ0v) is 9.91. The van der Waals surface area contributed by atoms with E-state index in [1.165, 1.54) is 0 Å². The Morgan fingerprint density at radius 1 is 1.38 bits per heavy atom. The molecule has 4 nitrogen and oxygen atoms in total. The zero-order chi connectivity index (χ0) is 12.3. The fraction of sp³-hybridized carbons (Fsp3) is 0.417. The van der Waals surface area contributed by atoms with Crippen LogP contribution in [0.2, 0.25) is 0 Å². The molecule has 1 aromatic carbocycles. The Morgan fingerprint density at radius 3 is 2.56 bits per heavy atom. The standard InChI is InChI=1S/C12H18N2O2/c1-7(2)6-11(15)16-10-5-4-9(13)8(3)12(10)14/h4-5,7H,6,13-14H2,1-3H3. The van der Waals surface area contributed by atoms with Crippen molar-refractivity contribution in [3.8, 4) is 5.75 Å². The van der Waals surface area contributed by atoms with Crippen LogP contribution in [-0.4, -0.2) is 5.97 Å². The second-order valence-corrected chi connectivity index (χ2v) is 4.26. The van der Waals surface area contributed by atoms with E-state index in [9.17, 15) is 4.79 Å². The fourth-order valence-electron chi connectivity index (χ4n) is 1.31. The van der Waals surface area contributed by atoms with Crippen LogP contribution in [0.1, 0.15) is 25.8 Å². The van der Waals surface area contributed by atoms with Gasteiger partial charge in [0.2, 0.25) is 0 Å². The summed E-state index contributed by atoms with van der Waals surface area (Å²) in [6.07, 6.45) is 0.378. The van der Waals surface area contributed by atoms with Crippen molar-refractivity contribution < 1.29 is 9.53 Å². The number of carbonyl (C=O) groups is 1. The Morgan fingerprint density at radius 2 is 2.00 bits per heavy atom. The van der Waals surface area contributed by atoms with E-state index < -0.39 is 0 Å². The van der Waals surface area contributed by atoms with Gasteiger partial charge < -0.3 is 16.2 Å². The lowest BCUT2D eigenvalue weighted by atomic mass is 10.1. The van der Waals surface area contributed by atoms with Crippen LogP contribution < -0.4 is 16.2 Å². The number of benzene rings is 1. The van der Waals surface area contributed by atoms with Crippen LogP contribution in [0.5, 0.6) is 5.75 Å². The highest BCUT2D eigenvalue weighted by Gasteiger charge is 2.11. The van der Waals surface area contributed by atoms with E-state index in [1.807, 2.05) is 13.8 Å². The minimum absolute atomic E-state index is 0.267. The number of nitrogen functional groups attached to an aromatic ring is 2. The third-order valence-electron chi connectivity index (χ3n) is 2.32. The molecule has 4 heteroatoms. The highest BCUT2D eigenvalue weighted by molar-refractivity contribution is 5.77. The molecule has 0 aliphatic carbocycles. The van der Waals surface area contributed by atoms with Gasteiger partial charge >= 0.3 is 5.97 Å². The smallest absolute Gasteiger partial charge is 0.311 e. The molecule has 0 aliphatic heterocycles. The van der Waals surface area contributed by atoms with E-state index in [1.54, 1.807) is 19.1 Å². The molecule has 0 unspecified atom stereocenters. The van der Waals surface area contributed by atoms with Gasteiger partial charge in [-0.2, -0.15) is 0 Å². The van der Waals surface area contributed by atoms with Crippen LogP contribution in [0.4, 0.5) is 11.4 Å². The van der Waals surface area contributed by atoms with Crippen LogP contribution >= 0.6 is 0 Å². The van der Waals surface area contributed by atoms with Gasteiger partial charge in [-0.05, 0) is 30.5 Å². The van der Waals surface area contributed by atoms with E-state index in [4.69, 9.17) is 16.2 Å². The maximum atomic E-state index is 11.5. The van der Waals surface area contributed by atoms with Crippen LogP contribution in [-0.2, 0) is 4.79 Å². The van der Waals surface area contributed by atoms with Crippen molar-refractivity contribution in [2.24, 2.45) is 5.92 Å². The van der Waals surface area contributed by atoms with Crippen molar-refractivity contribution in [2.75, 3.05) is 11.5 Å². The molecule has 0 saturated carbocycles. The first kappa shape index (κ1) is 12.4. The summed E-state index contributed by atoms with van der Waals surface area (Å²) in [4.78, 5) is 11.5. The summed E-state index contributed by atoms with van der Waals surface area (Å²) in [6.45, 7) is 5.71. The molecule has 0 spiro atoms. The lowest BCUT2D eigenvalue weighted by molar-refractivity contribution is -0.135. The van der Waals surface area contributed by atoms with E-state index >= 15 is 0 Å². The molecule has 0 atom stereocenters. The molecule has 88 valence electrons. The Hall–Kier alpha value is -1.71. The Kier molecular flexibility index (Phi) is 3.77. The van der Waals surface area contributed by atoms with Gasteiger partial charge in [-0.1, -0.05) is 13.8 Å². The third kappa shape index (κ3) is 2.89. The molecule has 1 aromatic rings. The van der Waals surface area contributed by atoms with Gasteiger partial charge in [0.15, 0.2) is 5.75 Å². The van der Waals surface area contributed by atoms with Crippen LogP contribution in [0.3, 0.4) is 0 Å². The monoisotopic (exact) mass is 222 g/mol. The molecule has 0 heterocycles. The molecular formula is C12H18N2O2. The third-order valence-corrected chi connectivity index (χ3v) is 2.32. The quantitative estimate of drug-likeness (QED) is 0.466. The second kappa shape index (κ2) is 4.88. The minimum atomic E-state index is -0.272. The average Bonchev–Trinajstić information content (AvgIpc) is 2.18. The van der Waals surface area contributed by atoms with Crippen molar-refractivity contribution >= 4 is 17.3 Å². The molecule has 0 bridgehead atoms. The Balaban J connectivity index is 2.82. The van der Waals surface area contributed by atoms with Crippen molar-refractivity contribution in [1.82, 2.24) is 0 Å². The molecule has 0 saturated heterocycles. The van der Waals surface area contributed by atoms with Gasteiger partial charge in [0.25, 0.3) is 0 Å². The number of hydrogen-bond acceptors (Lipinski definition) is 4. The van der Waals surface area contributed by atoms with Crippen molar-refractivity contribution in [3.63, 3.8) is 0 Å². The number of esters is 1.